The number of rotatable bonds is 3. The molecule has 0 radical (unpaired) electrons. The van der Waals surface area contributed by atoms with Gasteiger partial charge in [-0.25, -0.2) is 0 Å². The lowest BCUT2D eigenvalue weighted by atomic mass is 9.95. The number of carbonyl (C=O) groups is 1. The molecule has 2 rings (SSSR count). The highest BCUT2D eigenvalue weighted by molar-refractivity contribution is 5.82. The highest BCUT2D eigenvalue weighted by atomic mass is 16.2. The summed E-state index contributed by atoms with van der Waals surface area (Å²) >= 11 is 0. The Morgan fingerprint density at radius 3 is 2.88 bits per heavy atom. The average Bonchev–Trinajstić information content (AvgIpc) is 2.38. The molecule has 1 unspecified atom stereocenters. The van der Waals surface area contributed by atoms with Gasteiger partial charge in [-0.2, -0.15) is 0 Å². The Morgan fingerprint density at radius 1 is 1.47 bits per heavy atom. The molecule has 1 aromatic carbocycles. The van der Waals surface area contributed by atoms with E-state index in [0.717, 1.165) is 19.4 Å². The van der Waals surface area contributed by atoms with Gasteiger partial charge in [-0.05, 0) is 30.9 Å². The fourth-order valence-corrected chi connectivity index (χ4v) is 2.09. The number of carbonyl (C=O) groups excluding carboxylic acids is 1. The first-order chi connectivity index (χ1) is 8.20. The lowest BCUT2D eigenvalue weighted by Gasteiger charge is -2.26. The lowest BCUT2D eigenvalue weighted by Crippen LogP contribution is -2.49. The number of hydrogen-bond donors (Lipinski definition) is 2. The summed E-state index contributed by atoms with van der Waals surface area (Å²) in [5, 5.41) is 6.32. The summed E-state index contributed by atoms with van der Waals surface area (Å²) in [6.45, 7) is 4.90. The second-order valence-corrected chi connectivity index (χ2v) is 4.72. The van der Waals surface area contributed by atoms with Crippen molar-refractivity contribution in [3.05, 3.63) is 35.4 Å². The van der Waals surface area contributed by atoms with E-state index >= 15 is 0 Å². The molecule has 0 spiro atoms. The van der Waals surface area contributed by atoms with Gasteiger partial charge in [-0.3, -0.25) is 4.79 Å². The van der Waals surface area contributed by atoms with Gasteiger partial charge in [0, 0.05) is 12.6 Å². The van der Waals surface area contributed by atoms with Crippen molar-refractivity contribution in [2.45, 2.75) is 45.3 Å². The zero-order valence-electron chi connectivity index (χ0n) is 10.5. The van der Waals surface area contributed by atoms with Crippen LogP contribution in [0.4, 0.5) is 0 Å². The third kappa shape index (κ3) is 2.86. The molecule has 1 aliphatic rings. The lowest BCUT2D eigenvalue weighted by molar-refractivity contribution is -0.123. The highest BCUT2D eigenvalue weighted by Gasteiger charge is 2.24. The topological polar surface area (TPSA) is 41.1 Å². The van der Waals surface area contributed by atoms with Gasteiger partial charge < -0.3 is 10.6 Å². The van der Waals surface area contributed by atoms with Crippen molar-refractivity contribution in [2.24, 2.45) is 0 Å². The fourth-order valence-electron chi connectivity index (χ4n) is 2.09. The molecule has 92 valence electrons. The Hall–Kier alpha value is -1.35. The average molecular weight is 232 g/mol. The van der Waals surface area contributed by atoms with E-state index in [1.807, 2.05) is 19.1 Å². The minimum atomic E-state index is -0.0844. The Bertz CT molecular complexity index is 403. The Balaban J connectivity index is 2.00. The molecule has 0 saturated heterocycles. The van der Waals surface area contributed by atoms with Gasteiger partial charge in [-0.1, -0.05) is 31.2 Å². The van der Waals surface area contributed by atoms with Crippen LogP contribution in [0.1, 0.15) is 31.4 Å². The Labute approximate surface area is 103 Å². The number of amides is 1. The van der Waals surface area contributed by atoms with E-state index in [1.165, 1.54) is 11.1 Å². The summed E-state index contributed by atoms with van der Waals surface area (Å²) < 4.78 is 0. The number of hydrogen-bond acceptors (Lipinski definition) is 2. The van der Waals surface area contributed by atoms with E-state index in [9.17, 15) is 4.79 Å². The molecule has 3 nitrogen and oxygen atoms in total. The van der Waals surface area contributed by atoms with Crippen LogP contribution in [-0.4, -0.2) is 18.0 Å². The summed E-state index contributed by atoms with van der Waals surface area (Å²) in [6.07, 6.45) is 1.76. The highest BCUT2D eigenvalue weighted by Crippen LogP contribution is 2.16. The molecule has 1 heterocycles. The summed E-state index contributed by atoms with van der Waals surface area (Å²) in [7, 11) is 0. The van der Waals surface area contributed by atoms with Crippen LogP contribution < -0.4 is 10.6 Å². The monoisotopic (exact) mass is 232 g/mol. The minimum absolute atomic E-state index is 0.0844. The molecule has 3 heteroatoms. The fraction of sp³-hybridized carbons (Fsp3) is 0.500. The van der Waals surface area contributed by atoms with Crippen LogP contribution in [0.3, 0.4) is 0 Å². The van der Waals surface area contributed by atoms with Crippen LogP contribution in [0.15, 0.2) is 24.3 Å². The van der Waals surface area contributed by atoms with Crippen molar-refractivity contribution < 1.29 is 4.79 Å². The van der Waals surface area contributed by atoms with Crippen molar-refractivity contribution >= 4 is 5.91 Å². The van der Waals surface area contributed by atoms with Gasteiger partial charge in [0.05, 0.1) is 6.04 Å². The maximum Gasteiger partial charge on any atom is 0.237 e. The molecule has 0 aliphatic carbocycles. The van der Waals surface area contributed by atoms with Gasteiger partial charge in [0.25, 0.3) is 0 Å². The molecule has 2 atom stereocenters. The maximum absolute atomic E-state index is 12.0. The Kier molecular flexibility index (Phi) is 3.79. The van der Waals surface area contributed by atoms with Crippen LogP contribution in [0.2, 0.25) is 0 Å². The molecule has 0 fully saturated rings. The predicted octanol–water partition coefficient (Wildman–Crippen LogP) is 1.62. The van der Waals surface area contributed by atoms with E-state index in [4.69, 9.17) is 0 Å². The molecule has 1 aromatic rings. The van der Waals surface area contributed by atoms with Crippen LogP contribution in [0, 0.1) is 0 Å². The summed E-state index contributed by atoms with van der Waals surface area (Å²) in [5.41, 5.74) is 2.59. The first kappa shape index (κ1) is 12.1. The molecule has 1 amide bonds. The minimum Gasteiger partial charge on any atom is -0.352 e. The van der Waals surface area contributed by atoms with E-state index < -0.39 is 0 Å². The summed E-state index contributed by atoms with van der Waals surface area (Å²) in [5.74, 6) is 0.119. The van der Waals surface area contributed by atoms with Gasteiger partial charge in [0.1, 0.15) is 0 Å². The standard InChI is InChI=1S/C14H20N2O/c1-3-10(2)16-14(17)13-8-11-6-4-5-7-12(11)9-15-13/h4-7,10,13,15H,3,8-9H2,1-2H3,(H,16,17)/t10?,13-/m1/s1. The normalized spacial score (nSPS) is 20.5. The third-order valence-electron chi connectivity index (χ3n) is 3.40. The van der Waals surface area contributed by atoms with Crippen LogP contribution in [0.5, 0.6) is 0 Å². The van der Waals surface area contributed by atoms with Crippen LogP contribution >= 0.6 is 0 Å². The second-order valence-electron chi connectivity index (χ2n) is 4.72. The van der Waals surface area contributed by atoms with Crippen molar-refractivity contribution in [3.63, 3.8) is 0 Å². The van der Waals surface area contributed by atoms with Crippen LogP contribution in [-0.2, 0) is 17.8 Å². The molecule has 0 saturated carbocycles. The SMILES string of the molecule is CCC(C)NC(=O)[C@H]1Cc2ccccc2CN1. The Morgan fingerprint density at radius 2 is 2.18 bits per heavy atom. The maximum atomic E-state index is 12.0. The van der Waals surface area contributed by atoms with Gasteiger partial charge in [-0.15, -0.1) is 0 Å². The molecule has 1 aliphatic heterocycles. The largest absolute Gasteiger partial charge is 0.352 e. The zero-order chi connectivity index (χ0) is 12.3. The first-order valence-corrected chi connectivity index (χ1v) is 6.31. The van der Waals surface area contributed by atoms with Crippen molar-refractivity contribution in [3.8, 4) is 0 Å². The van der Waals surface area contributed by atoms with Gasteiger partial charge >= 0.3 is 0 Å². The second kappa shape index (κ2) is 5.32. The summed E-state index contributed by atoms with van der Waals surface area (Å²) in [4.78, 5) is 12.0. The van der Waals surface area contributed by atoms with Crippen LogP contribution in [0.25, 0.3) is 0 Å². The third-order valence-corrected chi connectivity index (χ3v) is 3.40. The molecule has 2 N–H and O–H groups in total. The molecular formula is C14H20N2O. The predicted molar refractivity (Wildman–Crippen MR) is 68.7 cm³/mol. The molecule has 0 bridgehead atoms. The van der Waals surface area contributed by atoms with Crippen molar-refractivity contribution in [1.82, 2.24) is 10.6 Å². The molecule has 0 aromatic heterocycles. The molecular weight excluding hydrogens is 212 g/mol. The van der Waals surface area contributed by atoms with Gasteiger partial charge in [0.15, 0.2) is 0 Å². The summed E-state index contributed by atoms with van der Waals surface area (Å²) in [6, 6.07) is 8.47. The number of nitrogens with one attached hydrogen (secondary N) is 2. The first-order valence-electron chi connectivity index (χ1n) is 6.31. The van der Waals surface area contributed by atoms with Gasteiger partial charge in [0.2, 0.25) is 5.91 Å². The van der Waals surface area contributed by atoms with E-state index in [1.54, 1.807) is 0 Å². The number of fused-ring (bicyclic) bond motifs is 1. The number of benzene rings is 1. The smallest absolute Gasteiger partial charge is 0.237 e. The zero-order valence-corrected chi connectivity index (χ0v) is 10.5. The van der Waals surface area contributed by atoms with E-state index in [2.05, 4.69) is 29.7 Å². The van der Waals surface area contributed by atoms with E-state index in [0.29, 0.717) is 0 Å². The van der Waals surface area contributed by atoms with E-state index in [-0.39, 0.29) is 18.0 Å². The van der Waals surface area contributed by atoms with Crippen molar-refractivity contribution in [2.75, 3.05) is 0 Å². The van der Waals surface area contributed by atoms with Crippen molar-refractivity contribution in [1.29, 1.82) is 0 Å². The quantitative estimate of drug-likeness (QED) is 0.831. The molecule has 17 heavy (non-hydrogen) atoms.